The molecule has 0 atom stereocenters. The van der Waals surface area contributed by atoms with Gasteiger partial charge in [0, 0.05) is 29.5 Å². The van der Waals surface area contributed by atoms with Crippen molar-refractivity contribution in [2.24, 2.45) is 0 Å². The first-order chi connectivity index (χ1) is 17.1. The normalized spacial score (nSPS) is 12.1. The molecule has 5 rings (SSSR count). The molecule has 0 spiro atoms. The maximum absolute atomic E-state index is 13.2. The summed E-state index contributed by atoms with van der Waals surface area (Å²) in [7, 11) is 0. The van der Waals surface area contributed by atoms with E-state index in [4.69, 9.17) is 0 Å². The standard InChI is InChI=1S/C28H17N5O2/c29-15-19-3-7-22(8-4-19)33(23-9-5-20(16-30)6-10-23)24-11-12-25-26(14-24)28(35)32(27(25)34)18-21-2-1-13-31-17-21/h1-14,17H,18H2. The summed E-state index contributed by atoms with van der Waals surface area (Å²) in [6, 6.07) is 27.0. The lowest BCUT2D eigenvalue weighted by atomic mass is 10.1. The van der Waals surface area contributed by atoms with Gasteiger partial charge in [-0.1, -0.05) is 6.07 Å². The molecular weight excluding hydrogens is 438 g/mol. The zero-order chi connectivity index (χ0) is 24.4. The highest BCUT2D eigenvalue weighted by Crippen LogP contribution is 2.37. The summed E-state index contributed by atoms with van der Waals surface area (Å²) in [6.07, 6.45) is 3.27. The number of aromatic nitrogens is 1. The van der Waals surface area contributed by atoms with Gasteiger partial charge < -0.3 is 4.90 Å². The van der Waals surface area contributed by atoms with E-state index < -0.39 is 0 Å². The SMILES string of the molecule is N#Cc1ccc(N(c2ccc(C#N)cc2)c2ccc3c(c2)C(=O)N(Cc2cccnc2)C3=O)cc1. The number of anilines is 3. The predicted molar refractivity (Wildman–Crippen MR) is 129 cm³/mol. The fourth-order valence-electron chi connectivity index (χ4n) is 4.05. The number of amides is 2. The van der Waals surface area contributed by atoms with Crippen molar-refractivity contribution in [1.29, 1.82) is 10.5 Å². The minimum Gasteiger partial charge on any atom is -0.310 e. The zero-order valence-corrected chi connectivity index (χ0v) is 18.4. The molecule has 4 aromatic rings. The van der Waals surface area contributed by atoms with Crippen LogP contribution in [0.4, 0.5) is 17.1 Å². The second-order valence-corrected chi connectivity index (χ2v) is 7.94. The molecule has 0 saturated carbocycles. The third-order valence-electron chi connectivity index (χ3n) is 5.79. The van der Waals surface area contributed by atoms with Gasteiger partial charge >= 0.3 is 0 Å². The van der Waals surface area contributed by atoms with Crippen LogP contribution in [0.25, 0.3) is 0 Å². The Balaban J connectivity index is 1.56. The molecule has 0 aliphatic carbocycles. The van der Waals surface area contributed by atoms with Crippen molar-refractivity contribution in [2.75, 3.05) is 4.90 Å². The van der Waals surface area contributed by atoms with Crippen LogP contribution in [0, 0.1) is 22.7 Å². The van der Waals surface area contributed by atoms with Crippen LogP contribution in [0.3, 0.4) is 0 Å². The van der Waals surface area contributed by atoms with Gasteiger partial charge in [-0.25, -0.2) is 0 Å². The second kappa shape index (κ2) is 8.93. The summed E-state index contributed by atoms with van der Waals surface area (Å²) in [5, 5.41) is 18.4. The van der Waals surface area contributed by atoms with Crippen LogP contribution in [0.2, 0.25) is 0 Å². The number of pyridine rings is 1. The largest absolute Gasteiger partial charge is 0.310 e. The number of nitriles is 2. The van der Waals surface area contributed by atoms with Crippen molar-refractivity contribution in [1.82, 2.24) is 9.88 Å². The number of benzene rings is 3. The summed E-state index contributed by atoms with van der Waals surface area (Å²) >= 11 is 0. The lowest BCUT2D eigenvalue weighted by Gasteiger charge is -2.25. The van der Waals surface area contributed by atoms with Gasteiger partial charge in [0.05, 0.1) is 40.9 Å². The van der Waals surface area contributed by atoms with Gasteiger partial charge in [-0.15, -0.1) is 0 Å². The first kappa shape index (κ1) is 21.6. The molecule has 3 aromatic carbocycles. The van der Waals surface area contributed by atoms with Crippen LogP contribution in [-0.2, 0) is 6.54 Å². The van der Waals surface area contributed by atoms with E-state index in [1.807, 2.05) is 35.2 Å². The molecule has 166 valence electrons. The van der Waals surface area contributed by atoms with Crippen LogP contribution in [-0.4, -0.2) is 21.7 Å². The van der Waals surface area contributed by atoms with Gasteiger partial charge in [-0.2, -0.15) is 10.5 Å². The van der Waals surface area contributed by atoms with E-state index in [9.17, 15) is 20.1 Å². The van der Waals surface area contributed by atoms with Gasteiger partial charge in [0.1, 0.15) is 0 Å². The molecule has 0 fully saturated rings. The number of imide groups is 1. The minimum absolute atomic E-state index is 0.143. The Bertz CT molecular complexity index is 1460. The Hall–Kier alpha value is -5.27. The molecule has 0 saturated heterocycles. The molecule has 0 bridgehead atoms. The van der Waals surface area contributed by atoms with Gasteiger partial charge in [0.2, 0.25) is 0 Å². The average molecular weight is 455 g/mol. The monoisotopic (exact) mass is 455 g/mol. The van der Waals surface area contributed by atoms with Gasteiger partial charge in [-0.3, -0.25) is 19.5 Å². The summed E-state index contributed by atoms with van der Waals surface area (Å²) in [4.78, 5) is 33.4. The summed E-state index contributed by atoms with van der Waals surface area (Å²) < 4.78 is 0. The van der Waals surface area contributed by atoms with Crippen LogP contribution < -0.4 is 4.90 Å². The van der Waals surface area contributed by atoms with Crippen molar-refractivity contribution in [3.05, 3.63) is 119 Å². The molecule has 2 heterocycles. The van der Waals surface area contributed by atoms with E-state index in [1.54, 1.807) is 60.9 Å². The fourth-order valence-corrected chi connectivity index (χ4v) is 4.05. The van der Waals surface area contributed by atoms with Crippen molar-refractivity contribution in [3.63, 3.8) is 0 Å². The highest BCUT2D eigenvalue weighted by atomic mass is 16.2. The number of rotatable bonds is 5. The Morgan fingerprint density at radius 3 is 1.86 bits per heavy atom. The van der Waals surface area contributed by atoms with Crippen molar-refractivity contribution in [2.45, 2.75) is 6.54 Å². The first-order valence-corrected chi connectivity index (χ1v) is 10.8. The fraction of sp³-hybridized carbons (Fsp3) is 0.0357. The topological polar surface area (TPSA) is 101 Å². The molecule has 2 amide bonds. The van der Waals surface area contributed by atoms with E-state index in [-0.39, 0.29) is 18.4 Å². The van der Waals surface area contributed by atoms with Crippen molar-refractivity contribution < 1.29 is 9.59 Å². The second-order valence-electron chi connectivity index (χ2n) is 7.94. The maximum Gasteiger partial charge on any atom is 0.261 e. The van der Waals surface area contributed by atoms with E-state index in [0.717, 1.165) is 16.9 Å². The Morgan fingerprint density at radius 2 is 1.31 bits per heavy atom. The van der Waals surface area contributed by atoms with E-state index in [2.05, 4.69) is 17.1 Å². The molecule has 1 aliphatic heterocycles. The molecule has 7 heteroatoms. The molecule has 1 aliphatic rings. The number of fused-ring (bicyclic) bond motifs is 1. The average Bonchev–Trinajstić information content (AvgIpc) is 3.14. The van der Waals surface area contributed by atoms with Crippen molar-refractivity contribution in [3.8, 4) is 12.1 Å². The highest BCUT2D eigenvalue weighted by Gasteiger charge is 2.36. The van der Waals surface area contributed by atoms with Crippen LogP contribution in [0.1, 0.15) is 37.4 Å². The van der Waals surface area contributed by atoms with Gasteiger partial charge in [0.25, 0.3) is 11.8 Å². The first-order valence-electron chi connectivity index (χ1n) is 10.8. The number of nitrogens with zero attached hydrogens (tertiary/aromatic N) is 5. The van der Waals surface area contributed by atoms with Gasteiger partial charge in [0.15, 0.2) is 0 Å². The number of carbonyl (C=O) groups excluding carboxylic acids is 2. The summed E-state index contributed by atoms with van der Waals surface area (Å²) in [6.45, 7) is 0.143. The molecular formula is C28H17N5O2. The third kappa shape index (κ3) is 3.99. The van der Waals surface area contributed by atoms with Crippen LogP contribution in [0.15, 0.2) is 91.3 Å². The molecule has 35 heavy (non-hydrogen) atoms. The van der Waals surface area contributed by atoms with Crippen LogP contribution >= 0.6 is 0 Å². The molecule has 0 N–H and O–H groups in total. The number of carbonyl (C=O) groups is 2. The Kier molecular flexibility index (Phi) is 5.51. The molecule has 0 unspecified atom stereocenters. The molecule has 0 radical (unpaired) electrons. The maximum atomic E-state index is 13.2. The lowest BCUT2D eigenvalue weighted by Crippen LogP contribution is -2.29. The van der Waals surface area contributed by atoms with E-state index in [1.165, 1.54) is 4.90 Å². The Morgan fingerprint density at radius 1 is 0.743 bits per heavy atom. The quantitative estimate of drug-likeness (QED) is 0.389. The van der Waals surface area contributed by atoms with Crippen LogP contribution in [0.5, 0.6) is 0 Å². The summed E-state index contributed by atoms with van der Waals surface area (Å²) in [5.41, 5.74) is 4.67. The van der Waals surface area contributed by atoms with Crippen molar-refractivity contribution >= 4 is 28.9 Å². The predicted octanol–water partition coefficient (Wildman–Crippen LogP) is 5.09. The summed E-state index contributed by atoms with van der Waals surface area (Å²) in [5.74, 6) is -0.709. The molecule has 1 aromatic heterocycles. The van der Waals surface area contributed by atoms with E-state index >= 15 is 0 Å². The zero-order valence-electron chi connectivity index (χ0n) is 18.4. The smallest absolute Gasteiger partial charge is 0.261 e. The minimum atomic E-state index is -0.365. The number of hydrogen-bond acceptors (Lipinski definition) is 6. The molecule has 7 nitrogen and oxygen atoms in total. The van der Waals surface area contributed by atoms with E-state index in [0.29, 0.717) is 27.9 Å². The van der Waals surface area contributed by atoms with Gasteiger partial charge in [-0.05, 0) is 78.4 Å². The Labute approximate surface area is 201 Å². The highest BCUT2D eigenvalue weighted by molar-refractivity contribution is 6.21. The number of hydrogen-bond donors (Lipinski definition) is 0. The third-order valence-corrected chi connectivity index (χ3v) is 5.79. The lowest BCUT2D eigenvalue weighted by molar-refractivity contribution is 0.0642.